The third-order valence-corrected chi connectivity index (χ3v) is 8.78. The predicted octanol–water partition coefficient (Wildman–Crippen LogP) is 6.19. The molecule has 0 saturated heterocycles. The Morgan fingerprint density at radius 1 is 1.33 bits per heavy atom. The van der Waals surface area contributed by atoms with Gasteiger partial charge in [0.15, 0.2) is 0 Å². The summed E-state index contributed by atoms with van der Waals surface area (Å²) in [7, 11) is 0. The summed E-state index contributed by atoms with van der Waals surface area (Å²) in [6, 6.07) is 6.28. The number of aliphatic hydroxyl groups excluding tert-OH is 1. The molecule has 0 bridgehead atoms. The van der Waals surface area contributed by atoms with E-state index < -0.39 is 0 Å². The number of ether oxygens (including phenoxy) is 1. The van der Waals surface area contributed by atoms with Crippen LogP contribution in [0.1, 0.15) is 89.2 Å². The fraction of sp³-hybridized carbons (Fsp3) is 0.667. The molecule has 30 heavy (non-hydrogen) atoms. The van der Waals surface area contributed by atoms with E-state index in [-0.39, 0.29) is 22.9 Å². The highest BCUT2D eigenvalue weighted by Crippen LogP contribution is 2.69. The lowest BCUT2D eigenvalue weighted by molar-refractivity contribution is -0.131. The molecule has 0 aliphatic heterocycles. The number of aliphatic hydroxyl groups is 1. The van der Waals surface area contributed by atoms with Gasteiger partial charge in [0.2, 0.25) is 0 Å². The number of hydrogen-bond donors (Lipinski definition) is 1. The van der Waals surface area contributed by atoms with Gasteiger partial charge >= 0.3 is 5.97 Å². The third-order valence-electron chi connectivity index (χ3n) is 8.78. The van der Waals surface area contributed by atoms with Gasteiger partial charge in [-0.05, 0) is 90.4 Å². The molecule has 0 spiro atoms. The summed E-state index contributed by atoms with van der Waals surface area (Å²) in [5, 5.41) is 11.0. The summed E-state index contributed by atoms with van der Waals surface area (Å²) >= 11 is 0. The van der Waals surface area contributed by atoms with Crippen molar-refractivity contribution in [3.05, 3.63) is 42.0 Å². The number of hydrogen-bond acceptors (Lipinski definition) is 3. The van der Waals surface area contributed by atoms with E-state index in [0.29, 0.717) is 23.5 Å². The van der Waals surface area contributed by atoms with Crippen LogP contribution in [0.4, 0.5) is 0 Å². The van der Waals surface area contributed by atoms with Gasteiger partial charge in [-0.3, -0.25) is 4.79 Å². The molecule has 3 aliphatic rings. The van der Waals surface area contributed by atoms with Crippen LogP contribution in [0.2, 0.25) is 0 Å². The van der Waals surface area contributed by atoms with Crippen molar-refractivity contribution in [2.45, 2.75) is 90.6 Å². The Labute approximate surface area is 181 Å². The molecule has 3 nitrogen and oxygen atoms in total. The van der Waals surface area contributed by atoms with Crippen molar-refractivity contribution in [2.75, 3.05) is 0 Å². The molecule has 1 N–H and O–H groups in total. The molecule has 6 atom stereocenters. The standard InChI is InChI=1S/C27H38O3/c1-5-7-8-9-20-17-26(4)23(12-13-24(26)29)27(6-2)15-14-19-16-21(30-18(3)28)10-11-22(19)25(20)27/h6,10-11,16,20,23-25,29H,2,5,7-9,12-15,17H2,1,3-4H3/t20?,23-,24?,25-,26+,27?/m1/s1. The Morgan fingerprint density at radius 3 is 2.83 bits per heavy atom. The monoisotopic (exact) mass is 410 g/mol. The molecule has 3 unspecified atom stereocenters. The van der Waals surface area contributed by atoms with E-state index in [4.69, 9.17) is 4.74 Å². The second-order valence-corrected chi connectivity index (χ2v) is 10.4. The fourth-order valence-corrected chi connectivity index (χ4v) is 7.57. The van der Waals surface area contributed by atoms with Crippen molar-refractivity contribution in [2.24, 2.45) is 22.7 Å². The predicted molar refractivity (Wildman–Crippen MR) is 121 cm³/mol. The molecule has 1 aromatic rings. The zero-order valence-electron chi connectivity index (χ0n) is 19.0. The van der Waals surface area contributed by atoms with Crippen LogP contribution in [0.3, 0.4) is 0 Å². The van der Waals surface area contributed by atoms with Crippen LogP contribution in [-0.4, -0.2) is 17.2 Å². The van der Waals surface area contributed by atoms with Gasteiger partial charge in [0.1, 0.15) is 5.75 Å². The first kappa shape index (κ1) is 21.6. The first-order valence-corrected chi connectivity index (χ1v) is 12.0. The highest BCUT2D eigenvalue weighted by molar-refractivity contribution is 5.69. The highest BCUT2D eigenvalue weighted by atomic mass is 16.5. The van der Waals surface area contributed by atoms with Crippen LogP contribution in [0.5, 0.6) is 5.75 Å². The molecule has 3 heteroatoms. The Bertz CT molecular complexity index is 814. The molecule has 164 valence electrons. The van der Waals surface area contributed by atoms with Crippen molar-refractivity contribution < 1.29 is 14.6 Å². The molecule has 0 aromatic heterocycles. The Balaban J connectivity index is 1.78. The van der Waals surface area contributed by atoms with Crippen molar-refractivity contribution in [3.8, 4) is 5.75 Å². The molecular weight excluding hydrogens is 372 g/mol. The van der Waals surface area contributed by atoms with Gasteiger partial charge in [-0.25, -0.2) is 0 Å². The maximum Gasteiger partial charge on any atom is 0.308 e. The molecule has 0 amide bonds. The van der Waals surface area contributed by atoms with E-state index in [1.54, 1.807) is 0 Å². The van der Waals surface area contributed by atoms with E-state index in [1.807, 2.05) is 6.07 Å². The molecule has 2 saturated carbocycles. The molecule has 0 radical (unpaired) electrons. The van der Waals surface area contributed by atoms with Gasteiger partial charge in [0.25, 0.3) is 0 Å². The Hall–Kier alpha value is -1.61. The summed E-state index contributed by atoms with van der Waals surface area (Å²) in [5.74, 6) is 1.89. The lowest BCUT2D eigenvalue weighted by Crippen LogP contribution is -2.54. The van der Waals surface area contributed by atoms with E-state index in [2.05, 4.69) is 38.6 Å². The zero-order valence-corrected chi connectivity index (χ0v) is 19.0. The second-order valence-electron chi connectivity index (χ2n) is 10.4. The quantitative estimate of drug-likeness (QED) is 0.263. The highest BCUT2D eigenvalue weighted by Gasteiger charge is 2.63. The van der Waals surface area contributed by atoms with Crippen LogP contribution in [0, 0.1) is 22.7 Å². The number of benzene rings is 1. The minimum absolute atomic E-state index is 0.00322. The van der Waals surface area contributed by atoms with Crippen LogP contribution in [0.15, 0.2) is 30.9 Å². The van der Waals surface area contributed by atoms with Gasteiger partial charge < -0.3 is 9.84 Å². The van der Waals surface area contributed by atoms with Crippen LogP contribution >= 0.6 is 0 Å². The average Bonchev–Trinajstić information content (AvgIpc) is 3.02. The summed E-state index contributed by atoms with van der Waals surface area (Å²) in [6.07, 6.45) is 12.2. The van der Waals surface area contributed by atoms with Crippen molar-refractivity contribution in [1.29, 1.82) is 0 Å². The molecule has 2 fully saturated rings. The van der Waals surface area contributed by atoms with Crippen molar-refractivity contribution in [1.82, 2.24) is 0 Å². The van der Waals surface area contributed by atoms with E-state index in [0.717, 1.165) is 32.1 Å². The number of carbonyl (C=O) groups is 1. The Morgan fingerprint density at radius 2 is 2.13 bits per heavy atom. The van der Waals surface area contributed by atoms with Crippen LogP contribution in [-0.2, 0) is 11.2 Å². The number of fused-ring (bicyclic) bond motifs is 5. The second kappa shape index (κ2) is 8.15. The van der Waals surface area contributed by atoms with E-state index in [9.17, 15) is 9.90 Å². The minimum atomic E-state index is -0.267. The maximum absolute atomic E-state index is 11.4. The molecule has 1 aromatic carbocycles. The topological polar surface area (TPSA) is 46.5 Å². The fourth-order valence-electron chi connectivity index (χ4n) is 7.57. The van der Waals surface area contributed by atoms with E-state index in [1.165, 1.54) is 43.7 Å². The van der Waals surface area contributed by atoms with Gasteiger partial charge in [0, 0.05) is 6.92 Å². The Kier molecular flexibility index (Phi) is 5.87. The summed E-state index contributed by atoms with van der Waals surface area (Å²) in [4.78, 5) is 11.4. The largest absolute Gasteiger partial charge is 0.427 e. The number of allylic oxidation sites excluding steroid dienone is 1. The average molecular weight is 411 g/mol. The van der Waals surface area contributed by atoms with Gasteiger partial charge in [0.05, 0.1) is 6.10 Å². The minimum Gasteiger partial charge on any atom is -0.427 e. The number of aryl methyl sites for hydroxylation is 1. The summed E-state index contributed by atoms with van der Waals surface area (Å²) in [6.45, 7) is 10.5. The van der Waals surface area contributed by atoms with Gasteiger partial charge in [-0.1, -0.05) is 45.3 Å². The molecule has 4 rings (SSSR count). The number of rotatable bonds is 6. The first-order valence-electron chi connectivity index (χ1n) is 12.0. The zero-order chi connectivity index (χ0) is 21.5. The summed E-state index contributed by atoms with van der Waals surface area (Å²) < 4.78 is 5.38. The number of esters is 1. The third kappa shape index (κ3) is 3.34. The first-order chi connectivity index (χ1) is 14.4. The van der Waals surface area contributed by atoms with Crippen molar-refractivity contribution in [3.63, 3.8) is 0 Å². The van der Waals surface area contributed by atoms with Crippen LogP contribution in [0.25, 0.3) is 0 Å². The summed E-state index contributed by atoms with van der Waals surface area (Å²) in [5.41, 5.74) is 2.81. The van der Waals surface area contributed by atoms with Gasteiger partial charge in [-0.15, -0.1) is 6.58 Å². The maximum atomic E-state index is 11.4. The lowest BCUT2D eigenvalue weighted by Gasteiger charge is -2.60. The van der Waals surface area contributed by atoms with Crippen molar-refractivity contribution >= 4 is 5.97 Å². The lowest BCUT2D eigenvalue weighted by atomic mass is 9.44. The smallest absolute Gasteiger partial charge is 0.308 e. The van der Waals surface area contributed by atoms with Crippen LogP contribution < -0.4 is 4.74 Å². The number of carbonyl (C=O) groups excluding carboxylic acids is 1. The van der Waals surface area contributed by atoms with Gasteiger partial charge in [-0.2, -0.15) is 0 Å². The molecule has 3 aliphatic carbocycles. The van der Waals surface area contributed by atoms with E-state index >= 15 is 0 Å². The SMILES string of the molecule is C=CC12CCc3cc(OC(C)=O)ccc3[C@H]1C(CCCCC)C[C@]1(C)C(O)CC[C@@H]21. The normalized spacial score (nSPS) is 37.1. The number of unbranched alkanes of at least 4 members (excludes halogenated alkanes) is 2. The molecular formula is C27H38O3. The molecule has 0 heterocycles.